The summed E-state index contributed by atoms with van der Waals surface area (Å²) in [7, 11) is 0.750. The molecule has 0 saturated heterocycles. The molecule has 0 heterocycles. The molecule has 0 spiro atoms. The first-order valence-corrected chi connectivity index (χ1v) is 8.09. The summed E-state index contributed by atoms with van der Waals surface area (Å²) in [6.45, 7) is 2.56. The van der Waals surface area contributed by atoms with E-state index >= 15 is 0 Å². The van der Waals surface area contributed by atoms with Crippen molar-refractivity contribution < 1.29 is 14.0 Å². The van der Waals surface area contributed by atoms with Gasteiger partial charge in [0, 0.05) is 26.5 Å². The Morgan fingerprint density at radius 3 is 2.35 bits per heavy atom. The summed E-state index contributed by atoms with van der Waals surface area (Å²) < 4.78 is 10.6. The van der Waals surface area contributed by atoms with Gasteiger partial charge in [0.05, 0.1) is 5.73 Å². The molecule has 0 bridgehead atoms. The molecule has 1 rings (SSSR count). The summed E-state index contributed by atoms with van der Waals surface area (Å²) in [5.41, 5.74) is 0.520. The van der Waals surface area contributed by atoms with Gasteiger partial charge in [-0.25, -0.2) is 0 Å². The minimum Gasteiger partial charge on any atom is -0.396 e. The normalized spacial score (nSPS) is 13.4. The summed E-state index contributed by atoms with van der Waals surface area (Å²) in [4.78, 5) is 0. The Hall–Kier alpha value is -0.883. The van der Waals surface area contributed by atoms with E-state index in [2.05, 4.69) is 5.32 Å². The van der Waals surface area contributed by atoms with Crippen LogP contribution in [0.4, 0.5) is 5.69 Å². The van der Waals surface area contributed by atoms with Gasteiger partial charge in [-0.15, -0.1) is 0 Å². The maximum atomic E-state index is 10.0. The van der Waals surface area contributed by atoms with Crippen LogP contribution in [-0.4, -0.2) is 40.2 Å². The van der Waals surface area contributed by atoms with Crippen molar-refractivity contribution in [2.45, 2.75) is 18.7 Å². The van der Waals surface area contributed by atoms with Crippen molar-refractivity contribution in [3.05, 3.63) is 30.3 Å². The van der Waals surface area contributed by atoms with E-state index in [-0.39, 0.29) is 0 Å². The van der Waals surface area contributed by atoms with Crippen LogP contribution < -0.4 is 5.32 Å². The van der Waals surface area contributed by atoms with Gasteiger partial charge >= 0.3 is 8.56 Å². The van der Waals surface area contributed by atoms with Crippen molar-refractivity contribution >= 4 is 14.2 Å². The molecular weight excluding hydrogens is 234 g/mol. The number of rotatable bonds is 7. The zero-order valence-corrected chi connectivity index (χ0v) is 11.6. The highest BCUT2D eigenvalue weighted by atomic mass is 28.4. The van der Waals surface area contributed by atoms with Gasteiger partial charge in [0.1, 0.15) is 0 Å². The lowest BCUT2D eigenvalue weighted by Crippen LogP contribution is -2.50. The minimum atomic E-state index is -2.42. The Labute approximate surface area is 104 Å². The molecule has 1 atom stereocenters. The monoisotopic (exact) mass is 255 g/mol. The Kier molecular flexibility index (Phi) is 5.63. The predicted molar refractivity (Wildman–Crippen MR) is 71.2 cm³/mol. The molecule has 0 amide bonds. The summed E-state index contributed by atoms with van der Waals surface area (Å²) in [6, 6.07) is 9.91. The molecule has 2 N–H and O–H groups in total. The standard InChI is InChI=1S/C12H21NO3Si/c1-15-17(3,16-2)12(14)9-10-13-11-7-5-4-6-8-11/h4-8,12-14H,9-10H2,1-3H3. The number of benzene rings is 1. The Morgan fingerprint density at radius 2 is 1.82 bits per heavy atom. The zero-order chi connectivity index (χ0) is 12.7. The average molecular weight is 255 g/mol. The third-order valence-electron chi connectivity index (χ3n) is 2.94. The predicted octanol–water partition coefficient (Wildman–Crippen LogP) is 1.75. The molecule has 1 aromatic rings. The fourth-order valence-electron chi connectivity index (χ4n) is 1.53. The van der Waals surface area contributed by atoms with Gasteiger partial charge in [-0.1, -0.05) is 18.2 Å². The molecular formula is C12H21NO3Si. The van der Waals surface area contributed by atoms with E-state index in [0.717, 1.165) is 5.69 Å². The molecule has 0 aliphatic rings. The summed E-state index contributed by atoms with van der Waals surface area (Å²) >= 11 is 0. The molecule has 1 aromatic carbocycles. The van der Waals surface area contributed by atoms with E-state index in [4.69, 9.17) is 8.85 Å². The minimum absolute atomic E-state index is 0.534. The topological polar surface area (TPSA) is 50.7 Å². The van der Waals surface area contributed by atoms with Crippen LogP contribution in [0.15, 0.2) is 30.3 Å². The van der Waals surface area contributed by atoms with Crippen molar-refractivity contribution in [3.63, 3.8) is 0 Å². The molecule has 5 heteroatoms. The number of hydrogen-bond acceptors (Lipinski definition) is 4. The zero-order valence-electron chi connectivity index (χ0n) is 10.6. The molecule has 0 fully saturated rings. The third-order valence-corrected chi connectivity index (χ3v) is 6.06. The smallest absolute Gasteiger partial charge is 0.364 e. The number of hydrogen-bond donors (Lipinski definition) is 2. The Morgan fingerprint density at radius 1 is 1.24 bits per heavy atom. The van der Waals surface area contributed by atoms with E-state index in [9.17, 15) is 5.11 Å². The van der Waals surface area contributed by atoms with Crippen molar-refractivity contribution in [3.8, 4) is 0 Å². The van der Waals surface area contributed by atoms with Gasteiger partial charge in [-0.3, -0.25) is 0 Å². The van der Waals surface area contributed by atoms with Crippen LogP contribution >= 0.6 is 0 Å². The molecule has 0 aliphatic heterocycles. The van der Waals surface area contributed by atoms with Gasteiger partial charge < -0.3 is 19.3 Å². The maximum absolute atomic E-state index is 10.0. The van der Waals surface area contributed by atoms with Crippen molar-refractivity contribution in [1.82, 2.24) is 0 Å². The van der Waals surface area contributed by atoms with Gasteiger partial charge in [0.15, 0.2) is 0 Å². The van der Waals surface area contributed by atoms with Crippen molar-refractivity contribution in [1.29, 1.82) is 0 Å². The van der Waals surface area contributed by atoms with E-state index in [1.807, 2.05) is 36.9 Å². The SMILES string of the molecule is CO[Si](C)(OC)C(O)CCNc1ccccc1. The lowest BCUT2D eigenvalue weighted by atomic mass is 10.3. The quantitative estimate of drug-likeness (QED) is 0.729. The van der Waals surface area contributed by atoms with Gasteiger partial charge in [-0.05, 0) is 25.1 Å². The first-order valence-electron chi connectivity index (χ1n) is 5.69. The Balaban J connectivity index is 2.36. The lowest BCUT2D eigenvalue weighted by Gasteiger charge is -2.28. The highest BCUT2D eigenvalue weighted by Gasteiger charge is 2.37. The summed E-state index contributed by atoms with van der Waals surface area (Å²) in [5, 5.41) is 13.3. The van der Waals surface area contributed by atoms with Gasteiger partial charge in [-0.2, -0.15) is 0 Å². The largest absolute Gasteiger partial charge is 0.396 e. The van der Waals surface area contributed by atoms with E-state index in [1.165, 1.54) is 0 Å². The molecule has 4 nitrogen and oxygen atoms in total. The summed E-state index contributed by atoms with van der Waals surface area (Å²) in [5.74, 6) is 0. The van der Waals surface area contributed by atoms with Crippen molar-refractivity contribution in [2.75, 3.05) is 26.1 Å². The van der Waals surface area contributed by atoms with Crippen LogP contribution in [0.5, 0.6) is 0 Å². The first-order chi connectivity index (χ1) is 8.12. The third kappa shape index (κ3) is 4.12. The fraction of sp³-hybridized carbons (Fsp3) is 0.500. The van der Waals surface area contributed by atoms with Crippen LogP contribution in [0.25, 0.3) is 0 Å². The van der Waals surface area contributed by atoms with Crippen LogP contribution in [-0.2, 0) is 8.85 Å². The fourth-order valence-corrected chi connectivity index (χ4v) is 2.91. The van der Waals surface area contributed by atoms with Crippen LogP contribution in [0.3, 0.4) is 0 Å². The molecule has 17 heavy (non-hydrogen) atoms. The molecule has 0 saturated carbocycles. The van der Waals surface area contributed by atoms with E-state index in [0.29, 0.717) is 13.0 Å². The second kappa shape index (κ2) is 6.76. The molecule has 1 unspecified atom stereocenters. The highest BCUT2D eigenvalue weighted by Crippen LogP contribution is 2.14. The number of anilines is 1. The lowest BCUT2D eigenvalue weighted by molar-refractivity contribution is 0.141. The van der Waals surface area contributed by atoms with Crippen LogP contribution in [0, 0.1) is 0 Å². The van der Waals surface area contributed by atoms with Crippen LogP contribution in [0.2, 0.25) is 6.55 Å². The Bertz CT molecular complexity index is 317. The second-order valence-electron chi connectivity index (χ2n) is 4.02. The molecule has 0 aliphatic carbocycles. The number of aliphatic hydroxyl groups excluding tert-OH is 1. The average Bonchev–Trinajstić information content (AvgIpc) is 2.39. The number of nitrogens with one attached hydrogen (secondary N) is 1. The molecule has 0 aromatic heterocycles. The first kappa shape index (κ1) is 14.2. The summed E-state index contributed by atoms with van der Waals surface area (Å²) in [6.07, 6.45) is 0.610. The highest BCUT2D eigenvalue weighted by molar-refractivity contribution is 6.67. The number of aliphatic hydroxyl groups is 1. The number of para-hydroxylation sites is 1. The second-order valence-corrected chi connectivity index (χ2v) is 7.54. The van der Waals surface area contributed by atoms with E-state index in [1.54, 1.807) is 14.2 Å². The van der Waals surface area contributed by atoms with E-state index < -0.39 is 14.3 Å². The van der Waals surface area contributed by atoms with Crippen molar-refractivity contribution in [2.24, 2.45) is 0 Å². The molecule has 0 radical (unpaired) electrons. The van der Waals surface area contributed by atoms with Gasteiger partial charge in [0.2, 0.25) is 0 Å². The molecule has 96 valence electrons. The van der Waals surface area contributed by atoms with Crippen LogP contribution in [0.1, 0.15) is 6.42 Å². The maximum Gasteiger partial charge on any atom is 0.364 e. The van der Waals surface area contributed by atoms with Gasteiger partial charge in [0.25, 0.3) is 0 Å².